The summed E-state index contributed by atoms with van der Waals surface area (Å²) in [5, 5.41) is 18.9. The number of fused-ring (bicyclic) bond motifs is 1. The first kappa shape index (κ1) is 12.3. The standard InChI is InChI=1S/C14H12N2O2/c1-9-5-13(7-15)11(17)3-4-12(18)14(13,8-16)6-10(9)2/h3-4H,5-6H2,1-2H3/t13-,14+. The molecule has 2 aliphatic rings. The van der Waals surface area contributed by atoms with Crippen LogP contribution in [0.3, 0.4) is 0 Å². The van der Waals surface area contributed by atoms with Crippen molar-refractivity contribution in [1.82, 2.24) is 0 Å². The molecule has 0 saturated heterocycles. The Kier molecular flexibility index (Phi) is 2.48. The molecule has 0 spiro atoms. The molecule has 90 valence electrons. The summed E-state index contributed by atoms with van der Waals surface area (Å²) in [5.74, 6) is -0.865. The number of carbonyl (C=O) groups is 2. The minimum absolute atomic E-state index is 0.164. The molecule has 0 aromatic rings. The molecule has 0 fully saturated rings. The number of allylic oxidation sites excluding steroid dienone is 4. The maximum Gasteiger partial charge on any atom is 0.178 e. The van der Waals surface area contributed by atoms with Gasteiger partial charge in [0, 0.05) is 0 Å². The van der Waals surface area contributed by atoms with Gasteiger partial charge in [0.25, 0.3) is 0 Å². The Labute approximate surface area is 105 Å². The monoisotopic (exact) mass is 240 g/mol. The van der Waals surface area contributed by atoms with Crippen LogP contribution in [-0.2, 0) is 9.59 Å². The van der Waals surface area contributed by atoms with E-state index in [1.165, 1.54) is 0 Å². The second-order valence-corrected chi connectivity index (χ2v) is 5.01. The summed E-state index contributed by atoms with van der Waals surface area (Å²) in [6.07, 6.45) is 2.60. The van der Waals surface area contributed by atoms with Crippen LogP contribution >= 0.6 is 0 Å². The third-order valence-corrected chi connectivity index (χ3v) is 4.13. The zero-order chi connectivity index (χ0) is 13.6. The highest BCUT2D eigenvalue weighted by molar-refractivity contribution is 6.14. The van der Waals surface area contributed by atoms with Crippen molar-refractivity contribution in [3.63, 3.8) is 0 Å². The fourth-order valence-electron chi connectivity index (χ4n) is 2.81. The van der Waals surface area contributed by atoms with E-state index < -0.39 is 22.4 Å². The van der Waals surface area contributed by atoms with Crippen molar-refractivity contribution in [2.75, 3.05) is 0 Å². The second kappa shape index (κ2) is 3.65. The summed E-state index contributed by atoms with van der Waals surface area (Å²) in [7, 11) is 0. The highest BCUT2D eigenvalue weighted by Gasteiger charge is 2.63. The summed E-state index contributed by atoms with van der Waals surface area (Å²) in [4.78, 5) is 24.2. The first-order valence-electron chi connectivity index (χ1n) is 5.68. The van der Waals surface area contributed by atoms with Crippen LogP contribution in [0.4, 0.5) is 0 Å². The molecule has 0 bridgehead atoms. The molecule has 2 atom stereocenters. The van der Waals surface area contributed by atoms with Crippen molar-refractivity contribution in [2.45, 2.75) is 26.7 Å². The average molecular weight is 240 g/mol. The maximum atomic E-state index is 12.1. The van der Waals surface area contributed by atoms with Crippen LogP contribution in [-0.4, -0.2) is 11.6 Å². The van der Waals surface area contributed by atoms with Gasteiger partial charge in [-0.1, -0.05) is 11.1 Å². The van der Waals surface area contributed by atoms with Gasteiger partial charge < -0.3 is 0 Å². The fraction of sp³-hybridized carbons (Fsp3) is 0.429. The quantitative estimate of drug-likeness (QED) is 0.605. The van der Waals surface area contributed by atoms with Crippen LogP contribution in [0.2, 0.25) is 0 Å². The van der Waals surface area contributed by atoms with Crippen molar-refractivity contribution in [2.24, 2.45) is 10.8 Å². The fourth-order valence-corrected chi connectivity index (χ4v) is 2.81. The number of nitrogens with zero attached hydrogens (tertiary/aromatic N) is 2. The summed E-state index contributed by atoms with van der Waals surface area (Å²) in [6, 6.07) is 3.93. The van der Waals surface area contributed by atoms with Crippen molar-refractivity contribution in [3.05, 3.63) is 23.3 Å². The Morgan fingerprint density at radius 2 is 1.28 bits per heavy atom. The molecule has 0 heterocycles. The number of ketones is 2. The minimum Gasteiger partial charge on any atom is -0.293 e. The number of rotatable bonds is 0. The van der Waals surface area contributed by atoms with Gasteiger partial charge in [-0.2, -0.15) is 10.5 Å². The second-order valence-electron chi connectivity index (χ2n) is 5.01. The zero-order valence-corrected chi connectivity index (χ0v) is 10.3. The molecule has 0 unspecified atom stereocenters. The normalized spacial score (nSPS) is 34.9. The molecule has 0 saturated carbocycles. The van der Waals surface area contributed by atoms with Gasteiger partial charge in [-0.05, 0) is 38.8 Å². The van der Waals surface area contributed by atoms with Crippen molar-refractivity contribution >= 4 is 11.6 Å². The lowest BCUT2D eigenvalue weighted by Gasteiger charge is -2.44. The van der Waals surface area contributed by atoms with E-state index >= 15 is 0 Å². The molecule has 0 radical (unpaired) electrons. The zero-order valence-electron chi connectivity index (χ0n) is 10.3. The van der Waals surface area contributed by atoms with E-state index in [0.29, 0.717) is 0 Å². The Balaban J connectivity index is 2.79. The van der Waals surface area contributed by atoms with Crippen LogP contribution in [0.1, 0.15) is 26.7 Å². The number of nitriles is 2. The lowest BCUT2D eigenvalue weighted by Crippen LogP contribution is -2.54. The molecule has 2 rings (SSSR count). The molecule has 0 aromatic heterocycles. The van der Waals surface area contributed by atoms with Crippen LogP contribution < -0.4 is 0 Å². The van der Waals surface area contributed by atoms with Crippen LogP contribution in [0.15, 0.2) is 23.3 Å². The molecule has 0 aliphatic heterocycles. The molecule has 4 heteroatoms. The third kappa shape index (κ3) is 1.18. The van der Waals surface area contributed by atoms with Gasteiger partial charge in [0.05, 0.1) is 12.1 Å². The van der Waals surface area contributed by atoms with Gasteiger partial charge in [-0.15, -0.1) is 0 Å². The van der Waals surface area contributed by atoms with Gasteiger partial charge in [0.15, 0.2) is 11.6 Å². The van der Waals surface area contributed by atoms with Crippen LogP contribution in [0.5, 0.6) is 0 Å². The lowest BCUT2D eigenvalue weighted by molar-refractivity contribution is -0.137. The summed E-state index contributed by atoms with van der Waals surface area (Å²) in [6.45, 7) is 3.68. The summed E-state index contributed by atoms with van der Waals surface area (Å²) < 4.78 is 0. The van der Waals surface area contributed by atoms with Crippen molar-refractivity contribution < 1.29 is 9.59 Å². The Morgan fingerprint density at radius 1 is 0.944 bits per heavy atom. The number of hydrogen-bond acceptors (Lipinski definition) is 4. The SMILES string of the molecule is CC1=C(C)C[C@]2(C#N)C(=O)C=CC(=O)[C@]2(C#N)C1. The Bertz CT molecular complexity index is 548. The van der Waals surface area contributed by atoms with Gasteiger partial charge in [0.1, 0.15) is 10.8 Å². The molecule has 0 aromatic carbocycles. The molecule has 18 heavy (non-hydrogen) atoms. The Morgan fingerprint density at radius 3 is 1.56 bits per heavy atom. The van der Waals surface area contributed by atoms with Gasteiger partial charge in [-0.3, -0.25) is 9.59 Å². The lowest BCUT2D eigenvalue weighted by atomic mass is 9.51. The van der Waals surface area contributed by atoms with Crippen LogP contribution in [0.25, 0.3) is 0 Å². The maximum absolute atomic E-state index is 12.1. The van der Waals surface area contributed by atoms with Crippen molar-refractivity contribution in [3.8, 4) is 12.1 Å². The molecular formula is C14H12N2O2. The summed E-state index contributed by atoms with van der Waals surface area (Å²) >= 11 is 0. The topological polar surface area (TPSA) is 81.7 Å². The average Bonchev–Trinajstić information content (AvgIpc) is 2.36. The van der Waals surface area contributed by atoms with Gasteiger partial charge >= 0.3 is 0 Å². The van der Waals surface area contributed by atoms with E-state index in [4.69, 9.17) is 0 Å². The minimum atomic E-state index is -1.54. The van der Waals surface area contributed by atoms with E-state index in [2.05, 4.69) is 0 Å². The van der Waals surface area contributed by atoms with Crippen molar-refractivity contribution in [1.29, 1.82) is 10.5 Å². The Hall–Kier alpha value is -2.20. The van der Waals surface area contributed by atoms with E-state index in [-0.39, 0.29) is 12.8 Å². The summed E-state index contributed by atoms with van der Waals surface area (Å²) in [5.41, 5.74) is -1.26. The molecular weight excluding hydrogens is 228 g/mol. The van der Waals surface area contributed by atoms with E-state index in [9.17, 15) is 20.1 Å². The molecule has 4 nitrogen and oxygen atoms in total. The predicted molar refractivity (Wildman–Crippen MR) is 62.9 cm³/mol. The highest BCUT2D eigenvalue weighted by atomic mass is 16.1. The first-order chi connectivity index (χ1) is 8.43. The van der Waals surface area contributed by atoms with E-state index in [1.54, 1.807) is 0 Å². The van der Waals surface area contributed by atoms with Crippen LogP contribution in [0, 0.1) is 33.5 Å². The van der Waals surface area contributed by atoms with Gasteiger partial charge in [-0.25, -0.2) is 0 Å². The van der Waals surface area contributed by atoms with Gasteiger partial charge in [0.2, 0.25) is 0 Å². The molecule has 0 N–H and O–H groups in total. The largest absolute Gasteiger partial charge is 0.293 e. The smallest absolute Gasteiger partial charge is 0.178 e. The van der Waals surface area contributed by atoms with E-state index in [1.807, 2.05) is 26.0 Å². The third-order valence-electron chi connectivity index (χ3n) is 4.13. The first-order valence-corrected chi connectivity index (χ1v) is 5.68. The molecule has 0 amide bonds. The number of carbonyl (C=O) groups excluding carboxylic acids is 2. The highest BCUT2D eigenvalue weighted by Crippen LogP contribution is 2.54. The molecule has 2 aliphatic carbocycles. The van der Waals surface area contributed by atoms with E-state index in [0.717, 1.165) is 23.3 Å². The predicted octanol–water partition coefficient (Wildman–Crippen LogP) is 1.84. The number of hydrogen-bond donors (Lipinski definition) is 0.